The zero-order valence-electron chi connectivity index (χ0n) is 17.5. The van der Waals surface area contributed by atoms with Gasteiger partial charge in [-0.05, 0) is 36.1 Å². The molecule has 0 unspecified atom stereocenters. The van der Waals surface area contributed by atoms with Gasteiger partial charge in [-0.3, -0.25) is 4.79 Å². The molecule has 0 radical (unpaired) electrons. The topological polar surface area (TPSA) is 67.6 Å². The standard InChI is InChI=1S/C24H24F3N3O2/c25-24(26,27)21-11-20(7-6-18(21)12-28)30-13-19-8-9-29(14-23(19,15-30)16-31)22(32)10-17-4-2-1-3-5-17/h1-7,11,19,31H,8-10,13-16H2/t19-,23+/m0/s1. The minimum Gasteiger partial charge on any atom is -0.396 e. The lowest BCUT2D eigenvalue weighted by Crippen LogP contribution is -2.53. The molecule has 5 nitrogen and oxygen atoms in total. The van der Waals surface area contributed by atoms with Crippen molar-refractivity contribution in [1.29, 1.82) is 5.26 Å². The van der Waals surface area contributed by atoms with Gasteiger partial charge in [-0.1, -0.05) is 30.3 Å². The maximum absolute atomic E-state index is 13.4. The highest BCUT2D eigenvalue weighted by Crippen LogP contribution is 2.44. The molecule has 1 amide bonds. The van der Waals surface area contributed by atoms with Crippen molar-refractivity contribution in [2.75, 3.05) is 37.7 Å². The van der Waals surface area contributed by atoms with Gasteiger partial charge in [0.05, 0.1) is 30.2 Å². The zero-order chi connectivity index (χ0) is 22.9. The Hall–Kier alpha value is -3.05. The molecule has 1 N–H and O–H groups in total. The molecule has 2 aliphatic heterocycles. The Bertz CT molecular complexity index is 1040. The molecule has 2 aromatic carbocycles. The number of aliphatic hydroxyl groups excluding tert-OH is 1. The Balaban J connectivity index is 1.53. The minimum atomic E-state index is -4.62. The number of carbonyl (C=O) groups is 1. The van der Waals surface area contributed by atoms with Gasteiger partial charge in [-0.25, -0.2) is 0 Å². The van der Waals surface area contributed by atoms with E-state index >= 15 is 0 Å². The second kappa shape index (κ2) is 8.47. The van der Waals surface area contributed by atoms with Gasteiger partial charge in [0.15, 0.2) is 0 Å². The summed E-state index contributed by atoms with van der Waals surface area (Å²) in [7, 11) is 0. The summed E-state index contributed by atoms with van der Waals surface area (Å²) in [6.07, 6.45) is -3.66. The number of nitrogens with zero attached hydrogens (tertiary/aromatic N) is 3. The summed E-state index contributed by atoms with van der Waals surface area (Å²) in [6.45, 7) is 1.65. The van der Waals surface area contributed by atoms with Gasteiger partial charge in [0.1, 0.15) is 0 Å². The maximum atomic E-state index is 13.4. The predicted molar refractivity (Wildman–Crippen MR) is 113 cm³/mol. The third-order valence-electron chi connectivity index (χ3n) is 6.73. The van der Waals surface area contributed by atoms with E-state index in [1.54, 1.807) is 11.0 Å². The van der Waals surface area contributed by atoms with Gasteiger partial charge in [-0.15, -0.1) is 0 Å². The molecule has 2 heterocycles. The van der Waals surface area contributed by atoms with Crippen molar-refractivity contribution in [3.8, 4) is 6.07 Å². The predicted octanol–water partition coefficient (Wildman–Crippen LogP) is 3.47. The van der Waals surface area contributed by atoms with Gasteiger partial charge < -0.3 is 14.9 Å². The number of rotatable bonds is 4. The molecule has 4 rings (SSSR count). The molecule has 0 saturated carbocycles. The second-order valence-corrected chi connectivity index (χ2v) is 8.70. The average Bonchev–Trinajstić information content (AvgIpc) is 3.18. The molecule has 0 bridgehead atoms. The number of carbonyl (C=O) groups excluding carboxylic acids is 1. The number of anilines is 1. The summed E-state index contributed by atoms with van der Waals surface area (Å²) in [5.74, 6) is 0.0527. The number of hydrogen-bond donors (Lipinski definition) is 1. The molecular formula is C24H24F3N3O2. The number of alkyl halides is 3. The van der Waals surface area contributed by atoms with Gasteiger partial charge in [-0.2, -0.15) is 18.4 Å². The van der Waals surface area contributed by atoms with Crippen LogP contribution in [-0.4, -0.2) is 48.7 Å². The lowest BCUT2D eigenvalue weighted by atomic mass is 9.74. The van der Waals surface area contributed by atoms with Crippen LogP contribution in [0.2, 0.25) is 0 Å². The second-order valence-electron chi connectivity index (χ2n) is 8.70. The molecule has 0 aromatic heterocycles. The fourth-order valence-electron chi connectivity index (χ4n) is 4.96. The van der Waals surface area contributed by atoms with Crippen molar-refractivity contribution in [2.45, 2.75) is 19.0 Å². The van der Waals surface area contributed by atoms with Crippen LogP contribution < -0.4 is 4.90 Å². The smallest absolute Gasteiger partial charge is 0.396 e. The maximum Gasteiger partial charge on any atom is 0.417 e. The average molecular weight is 443 g/mol. The van der Waals surface area contributed by atoms with Crippen LogP contribution in [-0.2, 0) is 17.4 Å². The number of aliphatic hydroxyl groups is 1. The number of likely N-dealkylation sites (tertiary alicyclic amines) is 1. The highest BCUT2D eigenvalue weighted by atomic mass is 19.4. The number of fused-ring (bicyclic) bond motifs is 1. The third kappa shape index (κ3) is 4.17. The van der Waals surface area contributed by atoms with Crippen molar-refractivity contribution < 1.29 is 23.1 Å². The molecule has 2 atom stereocenters. The van der Waals surface area contributed by atoms with E-state index in [0.29, 0.717) is 38.3 Å². The van der Waals surface area contributed by atoms with Crippen molar-refractivity contribution >= 4 is 11.6 Å². The van der Waals surface area contributed by atoms with E-state index in [2.05, 4.69) is 0 Å². The lowest BCUT2D eigenvalue weighted by Gasteiger charge is -2.43. The Morgan fingerprint density at radius 1 is 1.19 bits per heavy atom. The minimum absolute atomic E-state index is 0.0151. The largest absolute Gasteiger partial charge is 0.417 e. The molecule has 8 heteroatoms. The summed E-state index contributed by atoms with van der Waals surface area (Å²) in [6, 6.07) is 14.8. The molecule has 0 aliphatic carbocycles. The molecule has 2 aliphatic rings. The van der Waals surface area contributed by atoms with Crippen LogP contribution in [0.3, 0.4) is 0 Å². The quantitative estimate of drug-likeness (QED) is 0.786. The Morgan fingerprint density at radius 2 is 1.94 bits per heavy atom. The third-order valence-corrected chi connectivity index (χ3v) is 6.73. The van der Waals surface area contributed by atoms with Gasteiger partial charge in [0.2, 0.25) is 5.91 Å². The molecule has 2 fully saturated rings. The van der Waals surface area contributed by atoms with Crippen LogP contribution >= 0.6 is 0 Å². The fraction of sp³-hybridized carbons (Fsp3) is 0.417. The zero-order valence-corrected chi connectivity index (χ0v) is 17.5. The first-order chi connectivity index (χ1) is 15.3. The number of benzene rings is 2. The molecule has 2 aromatic rings. The van der Waals surface area contributed by atoms with Gasteiger partial charge in [0.25, 0.3) is 0 Å². The van der Waals surface area contributed by atoms with Crippen molar-refractivity contribution in [3.63, 3.8) is 0 Å². The SMILES string of the molecule is N#Cc1ccc(N2C[C@@H]3CCN(C(=O)Cc4ccccc4)C[C@]3(CO)C2)cc1C(F)(F)F. The molecule has 2 saturated heterocycles. The van der Waals surface area contributed by atoms with Gasteiger partial charge in [0, 0.05) is 37.3 Å². The van der Waals surface area contributed by atoms with Crippen LogP contribution in [0.1, 0.15) is 23.1 Å². The van der Waals surface area contributed by atoms with Crippen LogP contribution in [0, 0.1) is 22.7 Å². The summed E-state index contributed by atoms with van der Waals surface area (Å²) in [5, 5.41) is 19.3. The highest BCUT2D eigenvalue weighted by molar-refractivity contribution is 5.79. The van der Waals surface area contributed by atoms with Crippen LogP contribution in [0.25, 0.3) is 0 Å². The van der Waals surface area contributed by atoms with E-state index in [9.17, 15) is 23.1 Å². The summed E-state index contributed by atoms with van der Waals surface area (Å²) >= 11 is 0. The lowest BCUT2D eigenvalue weighted by molar-refractivity contribution is -0.138. The number of nitriles is 1. The Morgan fingerprint density at radius 3 is 2.59 bits per heavy atom. The molecule has 0 spiro atoms. The molecule has 32 heavy (non-hydrogen) atoms. The van der Waals surface area contributed by atoms with E-state index in [1.165, 1.54) is 12.1 Å². The molecular weight excluding hydrogens is 419 g/mol. The van der Waals surface area contributed by atoms with Crippen molar-refractivity contribution in [2.24, 2.45) is 11.3 Å². The van der Waals surface area contributed by atoms with Crippen LogP contribution in [0.15, 0.2) is 48.5 Å². The highest BCUT2D eigenvalue weighted by Gasteiger charge is 2.50. The monoisotopic (exact) mass is 443 g/mol. The van der Waals surface area contributed by atoms with Crippen LogP contribution in [0.5, 0.6) is 0 Å². The number of hydrogen-bond acceptors (Lipinski definition) is 4. The number of amides is 1. The van der Waals surface area contributed by atoms with Crippen LogP contribution in [0.4, 0.5) is 18.9 Å². The Kier molecular flexibility index (Phi) is 5.87. The fourth-order valence-corrected chi connectivity index (χ4v) is 4.96. The first-order valence-electron chi connectivity index (χ1n) is 10.5. The summed E-state index contributed by atoms with van der Waals surface area (Å²) < 4.78 is 40.2. The Labute approximate surface area is 184 Å². The van der Waals surface area contributed by atoms with E-state index in [-0.39, 0.29) is 24.9 Å². The summed E-state index contributed by atoms with van der Waals surface area (Å²) in [5.41, 5.74) is -0.655. The van der Waals surface area contributed by atoms with E-state index < -0.39 is 22.7 Å². The van der Waals surface area contributed by atoms with Crippen molar-refractivity contribution in [1.82, 2.24) is 4.90 Å². The van der Waals surface area contributed by atoms with Gasteiger partial charge >= 0.3 is 6.18 Å². The first-order valence-corrected chi connectivity index (χ1v) is 10.5. The van der Waals surface area contributed by atoms with E-state index in [0.717, 1.165) is 11.6 Å². The van der Waals surface area contributed by atoms with Crippen molar-refractivity contribution in [3.05, 3.63) is 65.2 Å². The number of piperidine rings is 1. The number of halogens is 3. The van der Waals surface area contributed by atoms with E-state index in [1.807, 2.05) is 35.2 Å². The summed E-state index contributed by atoms with van der Waals surface area (Å²) in [4.78, 5) is 16.5. The van der Waals surface area contributed by atoms with E-state index in [4.69, 9.17) is 5.26 Å². The first kappa shape index (κ1) is 22.2. The normalized spacial score (nSPS) is 23.0. The molecule has 168 valence electrons.